The van der Waals surface area contributed by atoms with Crippen molar-refractivity contribution in [2.75, 3.05) is 13.7 Å². The van der Waals surface area contributed by atoms with E-state index in [-0.39, 0.29) is 34.7 Å². The van der Waals surface area contributed by atoms with E-state index in [1.54, 1.807) is 19.9 Å². The van der Waals surface area contributed by atoms with Crippen molar-refractivity contribution in [3.63, 3.8) is 0 Å². The van der Waals surface area contributed by atoms with Gasteiger partial charge in [-0.05, 0) is 38.5 Å². The largest absolute Gasteiger partial charge is 0.495 e. The number of hydrogen-bond donors (Lipinski definition) is 1. The van der Waals surface area contributed by atoms with Gasteiger partial charge in [0, 0.05) is 17.7 Å². The highest BCUT2D eigenvalue weighted by Gasteiger charge is 2.23. The van der Waals surface area contributed by atoms with Gasteiger partial charge in [0.05, 0.1) is 13.7 Å². The number of carbonyl (C=O) groups excluding carboxylic acids is 1. The first kappa shape index (κ1) is 19.9. The van der Waals surface area contributed by atoms with E-state index in [1.165, 1.54) is 25.3 Å². The summed E-state index contributed by atoms with van der Waals surface area (Å²) in [6.45, 7) is 5.55. The normalized spacial score (nSPS) is 12.6. The van der Waals surface area contributed by atoms with Crippen molar-refractivity contribution in [3.05, 3.63) is 30.0 Å². The van der Waals surface area contributed by atoms with Gasteiger partial charge in [0.1, 0.15) is 10.6 Å². The van der Waals surface area contributed by atoms with E-state index in [0.717, 1.165) is 0 Å². The van der Waals surface area contributed by atoms with E-state index in [0.29, 0.717) is 12.0 Å². The second-order valence-electron chi connectivity index (χ2n) is 5.59. The van der Waals surface area contributed by atoms with E-state index in [2.05, 4.69) is 9.88 Å². The second-order valence-corrected chi connectivity index (χ2v) is 7.28. The fourth-order valence-electron chi connectivity index (χ4n) is 2.16. The first-order valence-corrected chi connectivity index (χ1v) is 9.65. The molecule has 0 aliphatic rings. The highest BCUT2D eigenvalue weighted by Crippen LogP contribution is 2.30. The molecule has 0 saturated carbocycles. The van der Waals surface area contributed by atoms with E-state index in [4.69, 9.17) is 14.0 Å². The van der Waals surface area contributed by atoms with Crippen molar-refractivity contribution >= 4 is 16.0 Å². The maximum atomic E-state index is 12.7. The van der Waals surface area contributed by atoms with Crippen LogP contribution in [0.4, 0.5) is 0 Å². The number of carbonyl (C=O) groups is 1. The Balaban J connectivity index is 2.42. The third kappa shape index (κ3) is 4.41. The Bertz CT molecular complexity index is 875. The molecule has 8 nitrogen and oxygen atoms in total. The number of aromatic nitrogens is 1. The van der Waals surface area contributed by atoms with Gasteiger partial charge in [-0.1, -0.05) is 12.1 Å². The molecule has 2 aromatic rings. The molecule has 0 aliphatic heterocycles. The lowest BCUT2D eigenvalue weighted by Gasteiger charge is -2.15. The van der Waals surface area contributed by atoms with Crippen LogP contribution in [0.25, 0.3) is 11.3 Å². The zero-order valence-corrected chi connectivity index (χ0v) is 15.9. The van der Waals surface area contributed by atoms with Gasteiger partial charge in [-0.3, -0.25) is 0 Å². The minimum absolute atomic E-state index is 0.0137. The molecule has 26 heavy (non-hydrogen) atoms. The summed E-state index contributed by atoms with van der Waals surface area (Å²) in [6, 6.07) is 5.73. The number of esters is 1. The molecule has 1 heterocycles. The van der Waals surface area contributed by atoms with Crippen LogP contribution in [-0.4, -0.2) is 39.3 Å². The minimum Gasteiger partial charge on any atom is -0.495 e. The maximum absolute atomic E-state index is 12.7. The van der Waals surface area contributed by atoms with Crippen LogP contribution in [0, 0.1) is 0 Å². The Hall–Kier alpha value is -2.39. The lowest BCUT2D eigenvalue weighted by molar-refractivity contribution is 0.0514. The van der Waals surface area contributed by atoms with Crippen LogP contribution in [0.5, 0.6) is 5.75 Å². The van der Waals surface area contributed by atoms with Crippen LogP contribution in [0.15, 0.2) is 33.7 Å². The number of nitrogens with one attached hydrogen (secondary N) is 1. The molecule has 0 saturated heterocycles. The molecule has 9 heteroatoms. The first-order valence-electron chi connectivity index (χ1n) is 8.17. The van der Waals surface area contributed by atoms with Crippen LogP contribution in [0.2, 0.25) is 0 Å². The van der Waals surface area contributed by atoms with Crippen molar-refractivity contribution in [3.8, 4) is 17.1 Å². The van der Waals surface area contributed by atoms with Gasteiger partial charge in [-0.25, -0.2) is 17.9 Å². The van der Waals surface area contributed by atoms with E-state index in [9.17, 15) is 13.2 Å². The average molecular weight is 382 g/mol. The molecule has 2 rings (SSSR count). The molecular formula is C17H22N2O6S. The number of nitrogens with zero attached hydrogens (tertiary/aromatic N) is 1. The number of benzene rings is 1. The predicted octanol–water partition coefficient (Wildman–Crippen LogP) is 2.60. The van der Waals surface area contributed by atoms with Crippen molar-refractivity contribution in [2.24, 2.45) is 0 Å². The summed E-state index contributed by atoms with van der Waals surface area (Å²) in [5.74, 6) is -0.160. The number of rotatable bonds is 8. The molecule has 0 unspecified atom stereocenters. The van der Waals surface area contributed by atoms with Crippen molar-refractivity contribution in [2.45, 2.75) is 38.1 Å². The Kier molecular flexibility index (Phi) is 6.38. The number of sulfonamides is 1. The lowest BCUT2D eigenvalue weighted by Crippen LogP contribution is -2.32. The molecule has 0 bridgehead atoms. The monoisotopic (exact) mass is 382 g/mol. The lowest BCUT2D eigenvalue weighted by atomic mass is 10.1. The predicted molar refractivity (Wildman–Crippen MR) is 94.5 cm³/mol. The van der Waals surface area contributed by atoms with Gasteiger partial charge in [0.25, 0.3) is 0 Å². The zero-order chi connectivity index (χ0) is 19.3. The summed E-state index contributed by atoms with van der Waals surface area (Å²) in [5.41, 5.74) is 0.457. The first-order chi connectivity index (χ1) is 12.3. The van der Waals surface area contributed by atoms with Crippen molar-refractivity contribution < 1.29 is 27.2 Å². The summed E-state index contributed by atoms with van der Waals surface area (Å²) in [7, 11) is -2.40. The van der Waals surface area contributed by atoms with Crippen molar-refractivity contribution in [1.29, 1.82) is 0 Å². The Labute approximate surface area is 152 Å². The molecule has 0 radical (unpaired) electrons. The molecule has 1 aromatic carbocycles. The van der Waals surface area contributed by atoms with Crippen LogP contribution < -0.4 is 9.46 Å². The number of ether oxygens (including phenoxy) is 2. The maximum Gasteiger partial charge on any atom is 0.360 e. The van der Waals surface area contributed by atoms with Crippen LogP contribution >= 0.6 is 0 Å². The standard InChI is InChI=1S/C17H22N2O6S/c1-5-11(3)19-26(21,22)16-9-12(7-8-14(16)23-4)15-10-13(18-25-15)17(20)24-6-2/h7-11,19H,5-6H2,1-4H3/t11-/m1/s1. The molecule has 0 fully saturated rings. The van der Waals surface area contributed by atoms with Crippen LogP contribution in [0.3, 0.4) is 0 Å². The molecule has 1 aromatic heterocycles. The summed E-state index contributed by atoms with van der Waals surface area (Å²) < 4.78 is 43.1. The fourth-order valence-corrected chi connectivity index (χ4v) is 3.69. The number of methoxy groups -OCH3 is 1. The summed E-state index contributed by atoms with van der Waals surface area (Å²) in [5, 5.41) is 3.66. The molecule has 1 atom stereocenters. The van der Waals surface area contributed by atoms with Gasteiger partial charge in [-0.15, -0.1) is 0 Å². The SMILES string of the molecule is CCOC(=O)c1cc(-c2ccc(OC)c(S(=O)(=O)N[C@H](C)CC)c2)on1. The Morgan fingerprint density at radius 2 is 2.04 bits per heavy atom. The molecule has 0 aliphatic carbocycles. The van der Waals surface area contributed by atoms with Gasteiger partial charge in [-0.2, -0.15) is 0 Å². The molecule has 0 amide bonds. The second kappa shape index (κ2) is 8.33. The third-order valence-electron chi connectivity index (χ3n) is 3.70. The quantitative estimate of drug-likeness (QED) is 0.699. The Morgan fingerprint density at radius 3 is 2.65 bits per heavy atom. The van der Waals surface area contributed by atoms with Crippen LogP contribution in [-0.2, 0) is 14.8 Å². The summed E-state index contributed by atoms with van der Waals surface area (Å²) in [6.07, 6.45) is 0.645. The van der Waals surface area contributed by atoms with E-state index >= 15 is 0 Å². The third-order valence-corrected chi connectivity index (χ3v) is 5.31. The van der Waals surface area contributed by atoms with Gasteiger partial charge >= 0.3 is 5.97 Å². The van der Waals surface area contributed by atoms with Gasteiger partial charge in [0.2, 0.25) is 10.0 Å². The zero-order valence-electron chi connectivity index (χ0n) is 15.1. The molecule has 0 spiro atoms. The van der Waals surface area contributed by atoms with E-state index < -0.39 is 16.0 Å². The smallest absolute Gasteiger partial charge is 0.360 e. The van der Waals surface area contributed by atoms with Gasteiger partial charge in [0.15, 0.2) is 11.5 Å². The highest BCUT2D eigenvalue weighted by atomic mass is 32.2. The molecule has 1 N–H and O–H groups in total. The molecular weight excluding hydrogens is 360 g/mol. The Morgan fingerprint density at radius 1 is 1.31 bits per heavy atom. The van der Waals surface area contributed by atoms with E-state index in [1.807, 2.05) is 6.92 Å². The minimum atomic E-state index is -3.79. The molecule has 142 valence electrons. The fraction of sp³-hybridized carbons (Fsp3) is 0.412. The highest BCUT2D eigenvalue weighted by molar-refractivity contribution is 7.89. The van der Waals surface area contributed by atoms with Crippen LogP contribution in [0.1, 0.15) is 37.7 Å². The topological polar surface area (TPSA) is 108 Å². The summed E-state index contributed by atoms with van der Waals surface area (Å²) in [4.78, 5) is 11.7. The summed E-state index contributed by atoms with van der Waals surface area (Å²) >= 11 is 0. The number of hydrogen-bond acceptors (Lipinski definition) is 7. The van der Waals surface area contributed by atoms with Gasteiger partial charge < -0.3 is 14.0 Å². The van der Waals surface area contributed by atoms with Crippen molar-refractivity contribution in [1.82, 2.24) is 9.88 Å². The average Bonchev–Trinajstić information content (AvgIpc) is 3.11.